The molecule has 2 heterocycles. The molecule has 118 valence electrons. The van der Waals surface area contributed by atoms with Crippen molar-refractivity contribution in [3.05, 3.63) is 48.3 Å². The number of carbonyl (C=O) groups excluding carboxylic acids is 1. The second-order valence-electron chi connectivity index (χ2n) is 5.15. The van der Waals surface area contributed by atoms with Gasteiger partial charge in [-0.1, -0.05) is 0 Å². The predicted octanol–water partition coefficient (Wildman–Crippen LogP) is 1.94. The SMILES string of the molecule is C[C@@H](CN)Oc1ncccc1C(=O)Nc1ccc2[nH]ncc2c1. The number of ether oxygens (including phenoxy) is 1. The number of nitrogens with zero attached hydrogens (tertiary/aromatic N) is 2. The van der Waals surface area contributed by atoms with E-state index in [1.54, 1.807) is 30.6 Å². The van der Waals surface area contributed by atoms with Crippen LogP contribution in [0.25, 0.3) is 10.9 Å². The van der Waals surface area contributed by atoms with Gasteiger partial charge in [-0.15, -0.1) is 0 Å². The summed E-state index contributed by atoms with van der Waals surface area (Å²) < 4.78 is 5.60. The fourth-order valence-electron chi connectivity index (χ4n) is 2.12. The zero-order valence-corrected chi connectivity index (χ0v) is 12.6. The van der Waals surface area contributed by atoms with E-state index in [1.807, 2.05) is 19.1 Å². The fraction of sp³-hybridized carbons (Fsp3) is 0.188. The van der Waals surface area contributed by atoms with E-state index in [0.717, 1.165) is 10.9 Å². The van der Waals surface area contributed by atoms with Crippen LogP contribution >= 0.6 is 0 Å². The van der Waals surface area contributed by atoms with Crippen LogP contribution in [0.2, 0.25) is 0 Å². The average molecular weight is 311 g/mol. The molecule has 3 rings (SSSR count). The Hall–Kier alpha value is -2.93. The summed E-state index contributed by atoms with van der Waals surface area (Å²) in [4.78, 5) is 16.6. The predicted molar refractivity (Wildman–Crippen MR) is 87.4 cm³/mol. The monoisotopic (exact) mass is 311 g/mol. The van der Waals surface area contributed by atoms with E-state index < -0.39 is 0 Å². The van der Waals surface area contributed by atoms with E-state index in [-0.39, 0.29) is 17.9 Å². The quantitative estimate of drug-likeness (QED) is 0.667. The lowest BCUT2D eigenvalue weighted by Crippen LogP contribution is -2.25. The minimum absolute atomic E-state index is 0.223. The van der Waals surface area contributed by atoms with Gasteiger partial charge >= 0.3 is 0 Å². The summed E-state index contributed by atoms with van der Waals surface area (Å²) in [6.45, 7) is 2.16. The first-order valence-electron chi connectivity index (χ1n) is 7.23. The number of nitrogens with one attached hydrogen (secondary N) is 2. The first-order valence-corrected chi connectivity index (χ1v) is 7.23. The van der Waals surface area contributed by atoms with Crippen LogP contribution in [0.4, 0.5) is 5.69 Å². The van der Waals surface area contributed by atoms with Crippen molar-refractivity contribution >= 4 is 22.5 Å². The Labute approximate surface area is 132 Å². The highest BCUT2D eigenvalue weighted by Crippen LogP contribution is 2.20. The minimum atomic E-state index is -0.292. The van der Waals surface area contributed by atoms with Gasteiger partial charge in [0.05, 0.1) is 11.7 Å². The van der Waals surface area contributed by atoms with Crippen molar-refractivity contribution in [3.8, 4) is 5.88 Å². The number of aromatic nitrogens is 3. The van der Waals surface area contributed by atoms with Gasteiger partial charge in [-0.05, 0) is 37.3 Å². The Morgan fingerprint density at radius 1 is 1.43 bits per heavy atom. The summed E-state index contributed by atoms with van der Waals surface area (Å²) in [6, 6.07) is 8.86. The Kier molecular flexibility index (Phi) is 4.20. The second-order valence-corrected chi connectivity index (χ2v) is 5.15. The minimum Gasteiger partial charge on any atom is -0.473 e. The number of hydrogen-bond donors (Lipinski definition) is 3. The highest BCUT2D eigenvalue weighted by atomic mass is 16.5. The lowest BCUT2D eigenvalue weighted by Gasteiger charge is -2.14. The molecule has 0 aliphatic heterocycles. The average Bonchev–Trinajstić information content (AvgIpc) is 3.02. The first-order chi connectivity index (χ1) is 11.2. The van der Waals surface area contributed by atoms with Gasteiger partial charge in [0.2, 0.25) is 5.88 Å². The molecular weight excluding hydrogens is 294 g/mol. The van der Waals surface area contributed by atoms with Crippen LogP contribution in [0.1, 0.15) is 17.3 Å². The lowest BCUT2D eigenvalue weighted by atomic mass is 10.2. The standard InChI is InChI=1S/C16H17N5O2/c1-10(8-17)23-16-13(3-2-6-18-16)15(22)20-12-4-5-14-11(7-12)9-19-21-14/h2-7,9-10H,8,17H2,1H3,(H,19,21)(H,20,22)/t10-/m0/s1. The van der Waals surface area contributed by atoms with Crippen molar-refractivity contribution in [3.63, 3.8) is 0 Å². The third-order valence-corrected chi connectivity index (χ3v) is 3.36. The molecule has 7 heteroatoms. The third-order valence-electron chi connectivity index (χ3n) is 3.36. The molecule has 0 radical (unpaired) electrons. The van der Waals surface area contributed by atoms with Crippen LogP contribution in [-0.2, 0) is 0 Å². The summed E-state index contributed by atoms with van der Waals surface area (Å²) in [5.74, 6) is -0.0208. The van der Waals surface area contributed by atoms with Crippen molar-refractivity contribution in [2.75, 3.05) is 11.9 Å². The highest BCUT2D eigenvalue weighted by Gasteiger charge is 2.15. The number of nitrogens with two attached hydrogens (primary N) is 1. The van der Waals surface area contributed by atoms with Crippen molar-refractivity contribution in [1.82, 2.24) is 15.2 Å². The molecule has 0 saturated heterocycles. The van der Waals surface area contributed by atoms with Gasteiger partial charge in [0, 0.05) is 23.8 Å². The molecule has 1 amide bonds. The van der Waals surface area contributed by atoms with E-state index in [2.05, 4.69) is 20.5 Å². The number of anilines is 1. The number of rotatable bonds is 5. The fourth-order valence-corrected chi connectivity index (χ4v) is 2.12. The van der Waals surface area contributed by atoms with Gasteiger partial charge in [0.25, 0.3) is 5.91 Å². The summed E-state index contributed by atoms with van der Waals surface area (Å²) in [5.41, 5.74) is 7.49. The van der Waals surface area contributed by atoms with Crippen molar-refractivity contribution < 1.29 is 9.53 Å². The van der Waals surface area contributed by atoms with Gasteiger partial charge in [-0.25, -0.2) is 4.98 Å². The van der Waals surface area contributed by atoms with Crippen LogP contribution in [-0.4, -0.2) is 33.7 Å². The first kappa shape index (κ1) is 15.0. The second kappa shape index (κ2) is 6.45. The van der Waals surface area contributed by atoms with Crippen molar-refractivity contribution in [2.24, 2.45) is 5.73 Å². The number of fused-ring (bicyclic) bond motifs is 1. The highest BCUT2D eigenvalue weighted by molar-refractivity contribution is 6.06. The lowest BCUT2D eigenvalue weighted by molar-refractivity contribution is 0.101. The van der Waals surface area contributed by atoms with Gasteiger partial charge in [0.1, 0.15) is 11.7 Å². The Morgan fingerprint density at radius 2 is 2.30 bits per heavy atom. The Morgan fingerprint density at radius 3 is 3.13 bits per heavy atom. The number of pyridine rings is 1. The molecule has 23 heavy (non-hydrogen) atoms. The third kappa shape index (κ3) is 3.29. The number of amides is 1. The summed E-state index contributed by atoms with van der Waals surface area (Å²) in [5, 5.41) is 10.6. The zero-order chi connectivity index (χ0) is 16.2. The summed E-state index contributed by atoms with van der Waals surface area (Å²) >= 11 is 0. The van der Waals surface area contributed by atoms with E-state index in [4.69, 9.17) is 10.5 Å². The van der Waals surface area contributed by atoms with Gasteiger partial charge in [0.15, 0.2) is 0 Å². The maximum Gasteiger partial charge on any atom is 0.261 e. The zero-order valence-electron chi connectivity index (χ0n) is 12.6. The molecule has 0 saturated carbocycles. The number of aromatic amines is 1. The molecule has 1 atom stereocenters. The molecule has 0 unspecified atom stereocenters. The molecule has 0 aliphatic rings. The molecule has 1 aromatic carbocycles. The van der Waals surface area contributed by atoms with Crippen LogP contribution in [0.3, 0.4) is 0 Å². The molecule has 0 bridgehead atoms. The smallest absolute Gasteiger partial charge is 0.261 e. The van der Waals surface area contributed by atoms with Crippen LogP contribution in [0.5, 0.6) is 5.88 Å². The van der Waals surface area contributed by atoms with E-state index >= 15 is 0 Å². The normalized spacial score (nSPS) is 12.1. The topological polar surface area (TPSA) is 106 Å². The maximum atomic E-state index is 12.5. The molecular formula is C16H17N5O2. The number of benzene rings is 1. The van der Waals surface area contributed by atoms with Gasteiger partial charge in [-0.2, -0.15) is 5.10 Å². The van der Waals surface area contributed by atoms with E-state index in [9.17, 15) is 4.79 Å². The van der Waals surface area contributed by atoms with E-state index in [0.29, 0.717) is 17.8 Å². The molecule has 4 N–H and O–H groups in total. The Balaban J connectivity index is 1.82. The molecule has 0 aliphatic carbocycles. The van der Waals surface area contributed by atoms with Crippen molar-refractivity contribution in [1.29, 1.82) is 0 Å². The van der Waals surface area contributed by atoms with E-state index in [1.165, 1.54) is 0 Å². The Bertz CT molecular complexity index is 830. The van der Waals surface area contributed by atoms with Crippen LogP contribution in [0.15, 0.2) is 42.7 Å². The molecule has 7 nitrogen and oxygen atoms in total. The number of H-pyrrole nitrogens is 1. The largest absolute Gasteiger partial charge is 0.473 e. The summed E-state index contributed by atoms with van der Waals surface area (Å²) in [6.07, 6.45) is 3.05. The van der Waals surface area contributed by atoms with Crippen LogP contribution < -0.4 is 15.8 Å². The molecule has 3 aromatic rings. The molecule has 2 aromatic heterocycles. The number of hydrogen-bond acceptors (Lipinski definition) is 5. The molecule has 0 spiro atoms. The maximum absolute atomic E-state index is 12.5. The van der Waals surface area contributed by atoms with Crippen molar-refractivity contribution in [2.45, 2.75) is 13.0 Å². The molecule has 0 fully saturated rings. The summed E-state index contributed by atoms with van der Waals surface area (Å²) in [7, 11) is 0. The van der Waals surface area contributed by atoms with Crippen LogP contribution in [0, 0.1) is 0 Å². The van der Waals surface area contributed by atoms with Gasteiger partial charge in [-0.3, -0.25) is 9.89 Å². The van der Waals surface area contributed by atoms with Gasteiger partial charge < -0.3 is 15.8 Å². The number of carbonyl (C=O) groups is 1.